The van der Waals surface area contributed by atoms with E-state index in [4.69, 9.17) is 14.4 Å². The second-order valence-corrected chi connectivity index (χ2v) is 12.8. The van der Waals surface area contributed by atoms with E-state index in [0.29, 0.717) is 0 Å². The maximum Gasteiger partial charge on any atom is 0.143 e. The van der Waals surface area contributed by atoms with Crippen molar-refractivity contribution in [2.75, 3.05) is 0 Å². The quantitative estimate of drug-likeness (QED) is 0.195. The first-order valence-corrected chi connectivity index (χ1v) is 16.9. The summed E-state index contributed by atoms with van der Waals surface area (Å²) >= 11 is 0. The van der Waals surface area contributed by atoms with Crippen molar-refractivity contribution in [1.29, 1.82) is 0 Å². The number of aromatic nitrogens is 2. The van der Waals surface area contributed by atoms with Crippen molar-refractivity contribution >= 4 is 60.1 Å². The van der Waals surface area contributed by atoms with Crippen molar-refractivity contribution in [3.05, 3.63) is 163 Å². The number of hydrogen-bond acceptors (Lipinski definition) is 3. The zero-order valence-corrected chi connectivity index (χ0v) is 26.7. The Hall–Kier alpha value is -6.32. The Bertz CT molecular complexity index is 2820. The highest BCUT2D eigenvalue weighted by Gasteiger charge is 2.22. The Morgan fingerprint density at radius 1 is 0.510 bits per heavy atom. The van der Waals surface area contributed by atoms with E-state index >= 15 is 0 Å². The third-order valence-electron chi connectivity index (χ3n) is 9.93. The van der Waals surface area contributed by atoms with E-state index in [2.05, 4.69) is 133 Å². The maximum absolute atomic E-state index is 6.72. The van der Waals surface area contributed by atoms with Gasteiger partial charge in [0.1, 0.15) is 11.2 Å². The standard InChI is InChI=1S/C46H30N2O/c1-2-12-31(13-3-1)38-28-39-43-37(17-10-20-42(43)49-46(39)36-16-7-6-15-35(36)38)45-44(47-40-18-8-9-19-41(40)48-45)32-24-21-30(22-25-32)34-26-23-29-11-4-5-14-33(29)27-34/h1-2,4-12,14-28H,3,13H2. The Labute approximate surface area is 283 Å². The molecule has 1 aliphatic rings. The van der Waals surface area contributed by atoms with E-state index in [1.54, 1.807) is 0 Å². The van der Waals surface area contributed by atoms with Crippen molar-refractivity contribution in [3.63, 3.8) is 0 Å². The molecule has 0 radical (unpaired) electrons. The highest BCUT2D eigenvalue weighted by atomic mass is 16.3. The molecule has 1 aliphatic carbocycles. The zero-order chi connectivity index (χ0) is 32.3. The molecule has 0 N–H and O–H groups in total. The van der Waals surface area contributed by atoms with E-state index in [1.807, 2.05) is 24.3 Å². The lowest BCUT2D eigenvalue weighted by Crippen LogP contribution is -1.96. The van der Waals surface area contributed by atoms with Crippen molar-refractivity contribution < 1.29 is 4.42 Å². The summed E-state index contributed by atoms with van der Waals surface area (Å²) in [7, 11) is 0. The lowest BCUT2D eigenvalue weighted by molar-refractivity contribution is 0.672. The summed E-state index contributed by atoms with van der Waals surface area (Å²) in [6.45, 7) is 0. The van der Waals surface area contributed by atoms with Gasteiger partial charge in [0.2, 0.25) is 0 Å². The molecular weight excluding hydrogens is 597 g/mol. The number of nitrogens with zero attached hydrogens (tertiary/aromatic N) is 2. The summed E-state index contributed by atoms with van der Waals surface area (Å²) < 4.78 is 6.72. The van der Waals surface area contributed by atoms with Gasteiger partial charge in [-0.3, -0.25) is 0 Å². The highest BCUT2D eigenvalue weighted by Crippen LogP contribution is 2.44. The van der Waals surface area contributed by atoms with Crippen LogP contribution in [0.5, 0.6) is 0 Å². The summed E-state index contributed by atoms with van der Waals surface area (Å²) in [6.07, 6.45) is 8.74. The average Bonchev–Trinajstić information content (AvgIpc) is 3.56. The van der Waals surface area contributed by atoms with Crippen molar-refractivity contribution in [2.45, 2.75) is 12.8 Å². The Morgan fingerprint density at radius 3 is 2.04 bits per heavy atom. The van der Waals surface area contributed by atoms with Gasteiger partial charge in [-0.25, -0.2) is 9.97 Å². The molecule has 0 atom stereocenters. The van der Waals surface area contributed by atoms with Crippen LogP contribution in [0.4, 0.5) is 0 Å². The van der Waals surface area contributed by atoms with Crippen LogP contribution in [0.2, 0.25) is 0 Å². The monoisotopic (exact) mass is 626 g/mol. The van der Waals surface area contributed by atoms with E-state index < -0.39 is 0 Å². The maximum atomic E-state index is 6.72. The normalized spacial score (nSPS) is 13.2. The topological polar surface area (TPSA) is 38.9 Å². The number of allylic oxidation sites excluding steroid dienone is 4. The molecule has 0 bridgehead atoms. The molecule has 0 saturated carbocycles. The number of rotatable bonds is 4. The highest BCUT2D eigenvalue weighted by molar-refractivity contribution is 6.21. The molecule has 0 aliphatic heterocycles. The molecule has 230 valence electrons. The Kier molecular flexibility index (Phi) is 6.31. The second-order valence-electron chi connectivity index (χ2n) is 12.8. The molecule has 0 amide bonds. The first-order chi connectivity index (χ1) is 24.3. The second kappa shape index (κ2) is 11.1. The van der Waals surface area contributed by atoms with Crippen molar-refractivity contribution in [3.8, 4) is 33.6 Å². The number of hydrogen-bond donors (Lipinski definition) is 0. The lowest BCUT2D eigenvalue weighted by Gasteiger charge is -2.14. The largest absolute Gasteiger partial charge is 0.455 e. The molecule has 0 spiro atoms. The van der Waals surface area contributed by atoms with E-state index in [1.165, 1.54) is 38.4 Å². The van der Waals surface area contributed by atoms with Gasteiger partial charge in [-0.2, -0.15) is 0 Å². The minimum atomic E-state index is 0.847. The molecule has 2 heterocycles. The van der Waals surface area contributed by atoms with Gasteiger partial charge in [0.05, 0.1) is 22.4 Å². The van der Waals surface area contributed by atoms with Crippen molar-refractivity contribution in [1.82, 2.24) is 9.97 Å². The molecule has 7 aromatic carbocycles. The zero-order valence-electron chi connectivity index (χ0n) is 26.7. The Morgan fingerprint density at radius 2 is 1.22 bits per heavy atom. The minimum absolute atomic E-state index is 0.847. The first-order valence-electron chi connectivity index (χ1n) is 16.9. The fourth-order valence-corrected chi connectivity index (χ4v) is 7.52. The van der Waals surface area contributed by atoms with Crippen LogP contribution in [-0.2, 0) is 0 Å². The molecular formula is C46H30N2O. The van der Waals surface area contributed by atoms with Gasteiger partial charge in [0.25, 0.3) is 0 Å². The van der Waals surface area contributed by atoms with Crippen LogP contribution < -0.4 is 0 Å². The molecule has 10 rings (SSSR count). The van der Waals surface area contributed by atoms with Crippen LogP contribution in [0.1, 0.15) is 18.4 Å². The van der Waals surface area contributed by atoms with Crippen LogP contribution in [-0.4, -0.2) is 9.97 Å². The molecule has 0 fully saturated rings. The number of fused-ring (bicyclic) bond motifs is 7. The van der Waals surface area contributed by atoms with Gasteiger partial charge in [-0.15, -0.1) is 0 Å². The lowest BCUT2D eigenvalue weighted by atomic mass is 9.90. The van der Waals surface area contributed by atoms with Gasteiger partial charge < -0.3 is 4.42 Å². The molecule has 0 unspecified atom stereocenters. The van der Waals surface area contributed by atoms with Crippen LogP contribution >= 0.6 is 0 Å². The van der Waals surface area contributed by atoms with Crippen LogP contribution in [0, 0.1) is 0 Å². The first kappa shape index (κ1) is 27.8. The van der Waals surface area contributed by atoms with Gasteiger partial charge in [0.15, 0.2) is 0 Å². The molecule has 3 heteroatoms. The van der Waals surface area contributed by atoms with Gasteiger partial charge >= 0.3 is 0 Å². The average molecular weight is 627 g/mol. The SMILES string of the molecule is C1=CCCC(c2cc3c(oc4cccc(-c5nc6ccccc6nc5-c5ccc(-c6ccc7ccccc7c6)cc5)c43)c3ccccc23)=C1. The van der Waals surface area contributed by atoms with E-state index in [9.17, 15) is 0 Å². The third kappa shape index (κ3) is 4.58. The predicted molar refractivity (Wildman–Crippen MR) is 204 cm³/mol. The van der Waals surface area contributed by atoms with Gasteiger partial charge in [-0.1, -0.05) is 127 Å². The van der Waals surface area contributed by atoms with E-state index in [-0.39, 0.29) is 0 Å². The molecule has 3 nitrogen and oxygen atoms in total. The summed E-state index contributed by atoms with van der Waals surface area (Å²) in [5.74, 6) is 0. The van der Waals surface area contributed by atoms with E-state index in [0.717, 1.165) is 73.7 Å². The van der Waals surface area contributed by atoms with Crippen molar-refractivity contribution in [2.24, 2.45) is 0 Å². The summed E-state index contributed by atoms with van der Waals surface area (Å²) in [5, 5.41) is 6.99. The smallest absolute Gasteiger partial charge is 0.143 e. The van der Waals surface area contributed by atoms with Crippen LogP contribution in [0.15, 0.2) is 162 Å². The Balaban J connectivity index is 1.20. The summed E-state index contributed by atoms with van der Waals surface area (Å²) in [4.78, 5) is 10.6. The number of para-hydroxylation sites is 2. The fraction of sp³-hybridized carbons (Fsp3) is 0.0435. The number of furan rings is 1. The third-order valence-corrected chi connectivity index (χ3v) is 9.93. The van der Waals surface area contributed by atoms with Gasteiger partial charge in [-0.05, 0) is 81.6 Å². The van der Waals surface area contributed by atoms with Gasteiger partial charge in [0, 0.05) is 27.3 Å². The molecule has 9 aromatic rings. The minimum Gasteiger partial charge on any atom is -0.455 e. The van der Waals surface area contributed by atoms with Crippen LogP contribution in [0.25, 0.3) is 93.7 Å². The van der Waals surface area contributed by atoms with Crippen LogP contribution in [0.3, 0.4) is 0 Å². The molecule has 0 saturated heterocycles. The predicted octanol–water partition coefficient (Wildman–Crippen LogP) is 12.6. The summed E-state index contributed by atoms with van der Waals surface area (Å²) in [5.41, 5.74) is 12.2. The fourth-order valence-electron chi connectivity index (χ4n) is 7.52. The number of benzene rings is 7. The summed E-state index contributed by atoms with van der Waals surface area (Å²) in [6, 6.07) is 49.3. The molecule has 2 aromatic heterocycles. The molecule has 49 heavy (non-hydrogen) atoms.